The number of fused-ring (bicyclic) bond motifs is 1. The smallest absolute Gasteiger partial charge is 0.271 e. The molecule has 7 nitrogen and oxygen atoms in total. The number of para-hydroxylation sites is 1. The summed E-state index contributed by atoms with van der Waals surface area (Å²) in [5, 5.41) is 3.60. The van der Waals surface area contributed by atoms with Gasteiger partial charge in [-0.25, -0.2) is 4.99 Å². The lowest BCUT2D eigenvalue weighted by Gasteiger charge is -2.25. The Bertz CT molecular complexity index is 1950. The summed E-state index contributed by atoms with van der Waals surface area (Å²) in [5.41, 5.74) is 2.94. The van der Waals surface area contributed by atoms with Gasteiger partial charge in [-0.3, -0.25) is 14.2 Å². The van der Waals surface area contributed by atoms with Gasteiger partial charge in [0.05, 0.1) is 29.0 Å². The quantitative estimate of drug-likeness (QED) is 0.275. The number of carbonyl (C=O) groups excluding carboxylic acids is 1. The zero-order chi connectivity index (χ0) is 28.5. The summed E-state index contributed by atoms with van der Waals surface area (Å²) in [7, 11) is 1.59. The van der Waals surface area contributed by atoms with Crippen molar-refractivity contribution in [1.29, 1.82) is 0 Å². The molecule has 204 valence electrons. The highest BCUT2D eigenvalue weighted by Crippen LogP contribution is 2.32. The van der Waals surface area contributed by atoms with Gasteiger partial charge in [0.25, 0.3) is 11.5 Å². The summed E-state index contributed by atoms with van der Waals surface area (Å²) in [6.07, 6.45) is 1.71. The molecule has 41 heavy (non-hydrogen) atoms. The van der Waals surface area contributed by atoms with Crippen molar-refractivity contribution in [3.8, 4) is 17.1 Å². The second kappa shape index (κ2) is 11.1. The number of anilines is 1. The number of benzene rings is 3. The summed E-state index contributed by atoms with van der Waals surface area (Å²) in [6, 6.07) is 26.9. The van der Waals surface area contributed by atoms with Crippen LogP contribution in [-0.4, -0.2) is 17.6 Å². The van der Waals surface area contributed by atoms with Crippen LogP contribution in [0.5, 0.6) is 5.75 Å². The average molecular weight is 582 g/mol. The Morgan fingerprint density at radius 2 is 1.76 bits per heavy atom. The molecule has 1 aliphatic heterocycles. The van der Waals surface area contributed by atoms with Crippen LogP contribution >= 0.6 is 22.9 Å². The van der Waals surface area contributed by atoms with E-state index >= 15 is 0 Å². The van der Waals surface area contributed by atoms with E-state index in [1.54, 1.807) is 36.8 Å². The fourth-order valence-corrected chi connectivity index (χ4v) is 5.91. The Kier molecular flexibility index (Phi) is 7.17. The van der Waals surface area contributed by atoms with Crippen molar-refractivity contribution in [2.24, 2.45) is 4.99 Å². The highest BCUT2D eigenvalue weighted by molar-refractivity contribution is 7.07. The van der Waals surface area contributed by atoms with Crippen molar-refractivity contribution >= 4 is 40.6 Å². The van der Waals surface area contributed by atoms with Crippen LogP contribution in [0.2, 0.25) is 5.02 Å². The first-order valence-electron chi connectivity index (χ1n) is 12.8. The van der Waals surface area contributed by atoms with Crippen LogP contribution in [-0.2, 0) is 4.79 Å². The van der Waals surface area contributed by atoms with E-state index in [0.29, 0.717) is 48.6 Å². The normalized spacial score (nSPS) is 14.9. The Labute approximate surface area is 244 Å². The first-order valence-corrected chi connectivity index (χ1v) is 14.0. The van der Waals surface area contributed by atoms with Gasteiger partial charge < -0.3 is 14.5 Å². The Balaban J connectivity index is 1.45. The standard InChI is InChI=1S/C32H24ClN3O4S/c1-19-28(30(37)35-23-6-4-3-5-7-23)29(21-10-14-24(39-2)15-11-21)36-31(38)27(41-32(36)34-19)18-25-16-17-26(40-25)20-8-12-22(33)13-9-20/h3-18,29H,1-2H3,(H,35,37)/b27-18+/t29-/m1/s1. The molecule has 1 amide bonds. The number of nitrogens with one attached hydrogen (secondary N) is 1. The number of thiazole rings is 1. The van der Waals surface area contributed by atoms with Crippen LogP contribution in [0, 0.1) is 0 Å². The summed E-state index contributed by atoms with van der Waals surface area (Å²) in [5.74, 6) is 1.53. The molecule has 0 fully saturated rings. The molecular weight excluding hydrogens is 558 g/mol. The molecule has 0 radical (unpaired) electrons. The minimum absolute atomic E-state index is 0.267. The molecule has 5 aromatic rings. The Morgan fingerprint density at radius 3 is 2.46 bits per heavy atom. The van der Waals surface area contributed by atoms with Gasteiger partial charge in [0.15, 0.2) is 4.80 Å². The number of hydrogen-bond acceptors (Lipinski definition) is 6. The fraction of sp³-hybridized carbons (Fsp3) is 0.0938. The monoisotopic (exact) mass is 581 g/mol. The van der Waals surface area contributed by atoms with Crippen molar-refractivity contribution in [2.45, 2.75) is 13.0 Å². The number of furan rings is 1. The van der Waals surface area contributed by atoms with E-state index in [1.807, 2.05) is 78.9 Å². The van der Waals surface area contributed by atoms with Crippen molar-refractivity contribution < 1.29 is 13.9 Å². The minimum Gasteiger partial charge on any atom is -0.497 e. The lowest BCUT2D eigenvalue weighted by molar-refractivity contribution is -0.113. The van der Waals surface area contributed by atoms with Crippen molar-refractivity contribution in [3.05, 3.63) is 138 Å². The van der Waals surface area contributed by atoms with Gasteiger partial charge in [-0.2, -0.15) is 0 Å². The molecular formula is C32H24ClN3O4S. The van der Waals surface area contributed by atoms with Gasteiger partial charge in [-0.05, 0) is 73.2 Å². The number of rotatable bonds is 6. The highest BCUT2D eigenvalue weighted by atomic mass is 35.5. The number of hydrogen-bond donors (Lipinski definition) is 1. The number of amides is 1. The number of halogens is 1. The molecule has 0 spiro atoms. The number of methoxy groups -OCH3 is 1. The van der Waals surface area contributed by atoms with Crippen LogP contribution in [0.3, 0.4) is 0 Å². The Hall–Kier alpha value is -4.66. The molecule has 3 aromatic carbocycles. The molecule has 0 aliphatic carbocycles. The SMILES string of the molecule is COc1ccc([C@@H]2C(C(=O)Nc3ccccc3)=C(C)N=c3s/c(=C/c4ccc(-c5ccc(Cl)cc5)o4)c(=O)n32)cc1. The second-order valence-electron chi connectivity index (χ2n) is 9.38. The van der Waals surface area contributed by atoms with E-state index in [4.69, 9.17) is 25.7 Å². The number of allylic oxidation sites excluding steroid dienone is 1. The molecule has 1 atom stereocenters. The average Bonchev–Trinajstić information content (AvgIpc) is 3.57. The summed E-state index contributed by atoms with van der Waals surface area (Å²) >= 11 is 7.27. The van der Waals surface area contributed by atoms with Crippen LogP contribution in [0.25, 0.3) is 17.4 Å². The van der Waals surface area contributed by atoms with Gasteiger partial charge in [0, 0.05) is 22.3 Å². The van der Waals surface area contributed by atoms with E-state index in [9.17, 15) is 9.59 Å². The molecule has 3 heterocycles. The predicted molar refractivity (Wildman–Crippen MR) is 161 cm³/mol. The molecule has 1 N–H and O–H groups in total. The maximum Gasteiger partial charge on any atom is 0.271 e. The van der Waals surface area contributed by atoms with E-state index in [-0.39, 0.29) is 11.5 Å². The highest BCUT2D eigenvalue weighted by Gasteiger charge is 2.32. The van der Waals surface area contributed by atoms with E-state index in [1.165, 1.54) is 11.3 Å². The first kappa shape index (κ1) is 26.6. The number of nitrogens with zero attached hydrogens (tertiary/aromatic N) is 2. The van der Waals surface area contributed by atoms with Gasteiger partial charge in [0.2, 0.25) is 0 Å². The molecule has 1 aliphatic rings. The maximum atomic E-state index is 13.9. The number of ether oxygens (including phenoxy) is 1. The first-order chi connectivity index (χ1) is 19.9. The maximum absolute atomic E-state index is 13.9. The van der Waals surface area contributed by atoms with Crippen LogP contribution in [0.1, 0.15) is 24.3 Å². The molecule has 2 aromatic heterocycles. The third-order valence-electron chi connectivity index (χ3n) is 6.76. The van der Waals surface area contributed by atoms with Crippen molar-refractivity contribution in [3.63, 3.8) is 0 Å². The summed E-state index contributed by atoms with van der Waals surface area (Å²) in [6.45, 7) is 1.79. The topological polar surface area (TPSA) is 85.8 Å². The van der Waals surface area contributed by atoms with Gasteiger partial charge >= 0.3 is 0 Å². The van der Waals surface area contributed by atoms with Crippen LogP contribution < -0.4 is 24.9 Å². The van der Waals surface area contributed by atoms with E-state index < -0.39 is 6.04 Å². The largest absolute Gasteiger partial charge is 0.497 e. The van der Waals surface area contributed by atoms with Crippen molar-refractivity contribution in [2.75, 3.05) is 12.4 Å². The predicted octanol–water partition coefficient (Wildman–Crippen LogP) is 5.80. The van der Waals surface area contributed by atoms with E-state index in [2.05, 4.69) is 5.32 Å². The lowest BCUT2D eigenvalue weighted by Crippen LogP contribution is -2.40. The zero-order valence-electron chi connectivity index (χ0n) is 22.1. The third kappa shape index (κ3) is 5.27. The zero-order valence-corrected chi connectivity index (χ0v) is 23.7. The van der Waals surface area contributed by atoms with Gasteiger partial charge in [0.1, 0.15) is 17.3 Å². The van der Waals surface area contributed by atoms with Crippen LogP contribution in [0.4, 0.5) is 5.69 Å². The number of carbonyl (C=O) groups is 1. The second-order valence-corrected chi connectivity index (χ2v) is 10.8. The fourth-order valence-electron chi connectivity index (χ4n) is 4.76. The minimum atomic E-state index is -0.691. The number of aromatic nitrogens is 1. The van der Waals surface area contributed by atoms with Gasteiger partial charge in [-0.1, -0.05) is 53.3 Å². The van der Waals surface area contributed by atoms with Gasteiger partial charge in [-0.15, -0.1) is 0 Å². The molecule has 0 saturated carbocycles. The third-order valence-corrected chi connectivity index (χ3v) is 7.99. The Morgan fingerprint density at radius 1 is 1.02 bits per heavy atom. The van der Waals surface area contributed by atoms with Crippen molar-refractivity contribution in [1.82, 2.24) is 4.57 Å². The lowest BCUT2D eigenvalue weighted by atomic mass is 9.95. The van der Waals surface area contributed by atoms with Crippen LogP contribution in [0.15, 0.2) is 116 Å². The molecule has 6 rings (SSSR count). The molecule has 0 saturated heterocycles. The molecule has 0 bridgehead atoms. The summed E-state index contributed by atoms with van der Waals surface area (Å²) < 4.78 is 13.4. The molecule has 9 heteroatoms. The molecule has 0 unspecified atom stereocenters. The van der Waals surface area contributed by atoms with E-state index in [0.717, 1.165) is 11.1 Å². The summed E-state index contributed by atoms with van der Waals surface area (Å²) in [4.78, 5) is 32.8.